The lowest BCUT2D eigenvalue weighted by molar-refractivity contribution is 0.612. The first-order valence-electron chi connectivity index (χ1n) is 6.30. The normalized spacial score (nSPS) is 9.90. The Labute approximate surface area is 118 Å². The number of nitrogens with one attached hydrogen (secondary N) is 1. The molecule has 0 aliphatic carbocycles. The van der Waals surface area contributed by atoms with Gasteiger partial charge in [0, 0.05) is 37.6 Å². The van der Waals surface area contributed by atoms with Crippen LogP contribution < -0.4 is 10.2 Å². The molecule has 0 radical (unpaired) electrons. The number of benzene rings is 2. The molecule has 0 saturated heterocycles. The van der Waals surface area contributed by atoms with Crippen LogP contribution in [0.2, 0.25) is 0 Å². The van der Waals surface area contributed by atoms with Gasteiger partial charge in [-0.2, -0.15) is 5.26 Å². The van der Waals surface area contributed by atoms with Gasteiger partial charge in [0.2, 0.25) is 0 Å². The van der Waals surface area contributed by atoms with Crippen LogP contribution in [0.5, 0.6) is 0 Å². The molecule has 0 amide bonds. The number of hydrogen-bond acceptors (Lipinski definition) is 3. The quantitative estimate of drug-likeness (QED) is 0.924. The molecule has 0 bridgehead atoms. The number of nitriles is 1. The van der Waals surface area contributed by atoms with Crippen molar-refractivity contribution < 1.29 is 4.39 Å². The lowest BCUT2D eigenvalue weighted by atomic mass is 10.1. The van der Waals surface area contributed by atoms with Crippen LogP contribution in [0, 0.1) is 17.1 Å². The van der Waals surface area contributed by atoms with Crippen LogP contribution in [0.15, 0.2) is 42.5 Å². The Morgan fingerprint density at radius 1 is 1.15 bits per heavy atom. The van der Waals surface area contributed by atoms with E-state index < -0.39 is 0 Å². The molecule has 0 unspecified atom stereocenters. The molecule has 0 fully saturated rings. The van der Waals surface area contributed by atoms with E-state index in [2.05, 4.69) is 5.32 Å². The third kappa shape index (κ3) is 3.27. The fourth-order valence-electron chi connectivity index (χ4n) is 1.85. The van der Waals surface area contributed by atoms with Gasteiger partial charge in [0.15, 0.2) is 0 Å². The third-order valence-electron chi connectivity index (χ3n) is 3.04. The first kappa shape index (κ1) is 13.9. The smallest absolute Gasteiger partial charge is 0.128 e. The second-order valence-corrected chi connectivity index (χ2v) is 4.71. The van der Waals surface area contributed by atoms with Gasteiger partial charge >= 0.3 is 0 Å². The van der Waals surface area contributed by atoms with Gasteiger partial charge in [-0.25, -0.2) is 4.39 Å². The van der Waals surface area contributed by atoms with E-state index in [0.717, 1.165) is 11.4 Å². The van der Waals surface area contributed by atoms with Crippen molar-refractivity contribution in [2.75, 3.05) is 24.3 Å². The zero-order valence-corrected chi connectivity index (χ0v) is 11.5. The Kier molecular flexibility index (Phi) is 4.21. The number of halogens is 1. The molecule has 2 aromatic rings. The lowest BCUT2D eigenvalue weighted by Crippen LogP contribution is -2.08. The molecule has 0 atom stereocenters. The van der Waals surface area contributed by atoms with Crippen LogP contribution in [0.4, 0.5) is 15.8 Å². The highest BCUT2D eigenvalue weighted by molar-refractivity contribution is 5.54. The highest BCUT2D eigenvalue weighted by atomic mass is 19.1. The summed E-state index contributed by atoms with van der Waals surface area (Å²) in [6.07, 6.45) is 0. The molecule has 0 heterocycles. The van der Waals surface area contributed by atoms with Gasteiger partial charge in [-0.15, -0.1) is 0 Å². The molecule has 2 aromatic carbocycles. The Morgan fingerprint density at radius 3 is 2.45 bits per heavy atom. The topological polar surface area (TPSA) is 39.1 Å². The maximum Gasteiger partial charge on any atom is 0.128 e. The van der Waals surface area contributed by atoms with Crippen LogP contribution in [0.1, 0.15) is 11.1 Å². The first-order chi connectivity index (χ1) is 9.60. The van der Waals surface area contributed by atoms with Crippen molar-refractivity contribution in [2.24, 2.45) is 0 Å². The summed E-state index contributed by atoms with van der Waals surface area (Å²) in [7, 11) is 3.95. The molecule has 20 heavy (non-hydrogen) atoms. The zero-order valence-electron chi connectivity index (χ0n) is 11.5. The summed E-state index contributed by atoms with van der Waals surface area (Å²) in [4.78, 5) is 2.01. The highest BCUT2D eigenvalue weighted by Gasteiger charge is 2.04. The maximum absolute atomic E-state index is 13.6. The fraction of sp³-hybridized carbons (Fsp3) is 0.188. The SMILES string of the molecule is CN(C)c1ccc(NCc2cc(C#N)ccc2F)cc1. The van der Waals surface area contributed by atoms with E-state index in [0.29, 0.717) is 17.7 Å². The Hall–Kier alpha value is -2.54. The first-order valence-corrected chi connectivity index (χ1v) is 6.30. The molecular weight excluding hydrogens is 253 g/mol. The average molecular weight is 269 g/mol. The minimum Gasteiger partial charge on any atom is -0.381 e. The van der Waals surface area contributed by atoms with E-state index in [1.54, 1.807) is 6.07 Å². The van der Waals surface area contributed by atoms with Crippen LogP contribution in [-0.2, 0) is 6.54 Å². The fourth-order valence-corrected chi connectivity index (χ4v) is 1.85. The molecule has 4 heteroatoms. The summed E-state index contributed by atoms with van der Waals surface area (Å²) in [6, 6.07) is 14.3. The van der Waals surface area contributed by atoms with E-state index in [4.69, 9.17) is 5.26 Å². The van der Waals surface area contributed by atoms with E-state index >= 15 is 0 Å². The summed E-state index contributed by atoms with van der Waals surface area (Å²) >= 11 is 0. The summed E-state index contributed by atoms with van der Waals surface area (Å²) in [6.45, 7) is 0.350. The maximum atomic E-state index is 13.6. The van der Waals surface area contributed by atoms with Crippen molar-refractivity contribution in [3.8, 4) is 6.07 Å². The summed E-state index contributed by atoms with van der Waals surface area (Å²) in [5.41, 5.74) is 2.97. The minimum atomic E-state index is -0.304. The van der Waals surface area contributed by atoms with E-state index in [1.165, 1.54) is 12.1 Å². The molecular formula is C16H16FN3. The van der Waals surface area contributed by atoms with Gasteiger partial charge < -0.3 is 10.2 Å². The van der Waals surface area contributed by atoms with Gasteiger partial charge in [0.1, 0.15) is 5.82 Å². The van der Waals surface area contributed by atoms with Gasteiger partial charge in [-0.3, -0.25) is 0 Å². The second kappa shape index (κ2) is 6.07. The summed E-state index contributed by atoms with van der Waals surface area (Å²) < 4.78 is 13.6. The molecule has 1 N–H and O–H groups in total. The number of nitrogens with zero attached hydrogens (tertiary/aromatic N) is 2. The van der Waals surface area contributed by atoms with Crippen LogP contribution in [0.25, 0.3) is 0 Å². The number of anilines is 2. The van der Waals surface area contributed by atoms with Gasteiger partial charge in [0.05, 0.1) is 11.6 Å². The predicted molar refractivity (Wildman–Crippen MR) is 79.2 cm³/mol. The predicted octanol–water partition coefficient (Wildman–Crippen LogP) is 3.38. The Bertz CT molecular complexity index is 627. The second-order valence-electron chi connectivity index (χ2n) is 4.71. The van der Waals surface area contributed by atoms with Crippen molar-refractivity contribution in [1.29, 1.82) is 5.26 Å². The van der Waals surface area contributed by atoms with Gasteiger partial charge in [-0.1, -0.05) is 0 Å². The molecule has 0 saturated carbocycles. The molecule has 3 nitrogen and oxygen atoms in total. The van der Waals surface area contributed by atoms with E-state index in [1.807, 2.05) is 49.3 Å². The monoisotopic (exact) mass is 269 g/mol. The number of hydrogen-bond donors (Lipinski definition) is 1. The third-order valence-corrected chi connectivity index (χ3v) is 3.04. The van der Waals surface area contributed by atoms with Gasteiger partial charge in [0.25, 0.3) is 0 Å². The minimum absolute atomic E-state index is 0.304. The van der Waals surface area contributed by atoms with Crippen molar-refractivity contribution in [3.05, 3.63) is 59.4 Å². The van der Waals surface area contributed by atoms with Gasteiger partial charge in [-0.05, 0) is 42.5 Å². The van der Waals surface area contributed by atoms with Crippen LogP contribution >= 0.6 is 0 Å². The average Bonchev–Trinajstić information content (AvgIpc) is 2.47. The standard InChI is InChI=1S/C16H16FN3/c1-20(2)15-6-4-14(5-7-15)19-11-13-9-12(10-18)3-8-16(13)17/h3-9,19H,11H2,1-2H3. The van der Waals surface area contributed by atoms with Crippen molar-refractivity contribution in [3.63, 3.8) is 0 Å². The number of rotatable bonds is 4. The van der Waals surface area contributed by atoms with Crippen molar-refractivity contribution >= 4 is 11.4 Å². The van der Waals surface area contributed by atoms with Crippen LogP contribution in [0.3, 0.4) is 0 Å². The van der Waals surface area contributed by atoms with E-state index in [-0.39, 0.29) is 5.82 Å². The van der Waals surface area contributed by atoms with E-state index in [9.17, 15) is 4.39 Å². The largest absolute Gasteiger partial charge is 0.381 e. The Balaban J connectivity index is 2.07. The van der Waals surface area contributed by atoms with Crippen molar-refractivity contribution in [2.45, 2.75) is 6.54 Å². The molecule has 102 valence electrons. The highest BCUT2D eigenvalue weighted by Crippen LogP contribution is 2.17. The molecule has 0 aromatic heterocycles. The molecule has 0 spiro atoms. The van der Waals surface area contributed by atoms with Crippen LogP contribution in [-0.4, -0.2) is 14.1 Å². The Morgan fingerprint density at radius 2 is 1.85 bits per heavy atom. The van der Waals surface area contributed by atoms with Crippen molar-refractivity contribution in [1.82, 2.24) is 0 Å². The molecule has 0 aliphatic rings. The zero-order chi connectivity index (χ0) is 14.5. The molecule has 0 aliphatic heterocycles. The summed E-state index contributed by atoms with van der Waals surface area (Å²) in [5.74, 6) is -0.304. The summed E-state index contributed by atoms with van der Waals surface area (Å²) in [5, 5.41) is 12.0. The lowest BCUT2D eigenvalue weighted by Gasteiger charge is -2.13. The molecule has 2 rings (SSSR count).